The van der Waals surface area contributed by atoms with Crippen LogP contribution >= 0.6 is 0 Å². The number of alkyl halides is 2. The fourth-order valence-corrected chi connectivity index (χ4v) is 0.888. The maximum Gasteiger partial charge on any atom is 0.284 e. The molecule has 13 heavy (non-hydrogen) atoms. The van der Waals surface area contributed by atoms with Gasteiger partial charge in [0.1, 0.15) is 0 Å². The number of hydrogen-bond acceptors (Lipinski definition) is 2. The van der Waals surface area contributed by atoms with Crippen LogP contribution in [0, 0.1) is 5.82 Å². The first-order chi connectivity index (χ1) is 6.06. The molecule has 0 aromatic carbocycles. The molecule has 1 aromatic rings. The monoisotopic (exact) mass is 192 g/mol. The third-order valence-electron chi connectivity index (χ3n) is 1.51. The van der Waals surface area contributed by atoms with Crippen LogP contribution in [0.3, 0.4) is 0 Å². The van der Waals surface area contributed by atoms with Crippen molar-refractivity contribution in [3.63, 3.8) is 0 Å². The Labute approximate surface area is 71.4 Å². The molecule has 1 heterocycles. The van der Waals surface area contributed by atoms with Gasteiger partial charge >= 0.3 is 0 Å². The van der Waals surface area contributed by atoms with E-state index < -0.39 is 23.4 Å². The van der Waals surface area contributed by atoms with Gasteiger partial charge in [-0.2, -0.15) is 0 Å². The predicted molar refractivity (Wildman–Crippen MR) is 39.9 cm³/mol. The second kappa shape index (κ2) is 3.61. The van der Waals surface area contributed by atoms with Crippen molar-refractivity contribution in [3.05, 3.63) is 33.5 Å². The van der Waals surface area contributed by atoms with E-state index in [2.05, 4.69) is 0 Å². The minimum atomic E-state index is -3.01. The fourth-order valence-electron chi connectivity index (χ4n) is 0.888. The molecule has 0 saturated carbocycles. The van der Waals surface area contributed by atoms with Gasteiger partial charge in [-0.05, 0) is 6.07 Å². The molecule has 0 aliphatic heterocycles. The Kier molecular flexibility index (Phi) is 2.72. The highest BCUT2D eigenvalue weighted by Gasteiger charge is 2.16. The highest BCUT2D eigenvalue weighted by Crippen LogP contribution is 2.19. The molecule has 0 aliphatic carbocycles. The van der Waals surface area contributed by atoms with Gasteiger partial charge in [0, 0.05) is 12.2 Å². The van der Waals surface area contributed by atoms with E-state index in [9.17, 15) is 18.0 Å². The van der Waals surface area contributed by atoms with E-state index in [1.54, 1.807) is 0 Å². The molecule has 1 aromatic heterocycles. The zero-order valence-electron chi connectivity index (χ0n) is 6.48. The molecule has 72 valence electrons. The number of rotatable bonds is 2. The van der Waals surface area contributed by atoms with Crippen molar-refractivity contribution >= 4 is 0 Å². The minimum Gasteiger partial charge on any atom is -0.325 e. The molecular formula is C7H7F3N2O. The van der Waals surface area contributed by atoms with E-state index in [0.717, 1.165) is 6.07 Å². The average molecular weight is 192 g/mol. The van der Waals surface area contributed by atoms with Gasteiger partial charge in [-0.25, -0.2) is 13.2 Å². The summed E-state index contributed by atoms with van der Waals surface area (Å²) in [7, 11) is 0. The Balaban J connectivity index is 3.33. The lowest BCUT2D eigenvalue weighted by molar-refractivity contribution is 0.145. The van der Waals surface area contributed by atoms with Gasteiger partial charge in [-0.15, -0.1) is 0 Å². The number of nitrogens with two attached hydrogens (primary N) is 1. The molecule has 1 rings (SSSR count). The molecule has 0 spiro atoms. The third-order valence-corrected chi connectivity index (χ3v) is 1.51. The summed E-state index contributed by atoms with van der Waals surface area (Å²) < 4.78 is 36.9. The fraction of sp³-hybridized carbons (Fsp3) is 0.286. The first-order valence-electron chi connectivity index (χ1n) is 3.46. The number of nitrogens with one attached hydrogen (secondary N) is 1. The molecule has 0 amide bonds. The van der Waals surface area contributed by atoms with Crippen molar-refractivity contribution in [2.24, 2.45) is 5.73 Å². The molecule has 3 N–H and O–H groups in total. The van der Waals surface area contributed by atoms with E-state index in [4.69, 9.17) is 5.73 Å². The maximum absolute atomic E-state index is 12.7. The second-order valence-corrected chi connectivity index (χ2v) is 2.40. The van der Waals surface area contributed by atoms with E-state index >= 15 is 0 Å². The van der Waals surface area contributed by atoms with Crippen molar-refractivity contribution in [3.8, 4) is 0 Å². The summed E-state index contributed by atoms with van der Waals surface area (Å²) in [6, 6.07) is 0.849. The molecule has 0 saturated heterocycles. The second-order valence-electron chi connectivity index (χ2n) is 2.40. The Morgan fingerprint density at radius 2 is 2.15 bits per heavy atom. The Hall–Kier alpha value is -1.30. The molecule has 0 radical (unpaired) electrons. The number of H-pyrrole nitrogens is 1. The summed E-state index contributed by atoms with van der Waals surface area (Å²) in [5.41, 5.74) is 3.10. The Morgan fingerprint density at radius 3 is 2.62 bits per heavy atom. The molecule has 6 heteroatoms. The summed E-state index contributed by atoms with van der Waals surface area (Å²) in [6.07, 6.45) is -3.01. The van der Waals surface area contributed by atoms with Crippen LogP contribution in [0.2, 0.25) is 0 Å². The molecular weight excluding hydrogens is 185 g/mol. The largest absolute Gasteiger partial charge is 0.325 e. The van der Waals surface area contributed by atoms with Crippen LogP contribution in [0.15, 0.2) is 10.9 Å². The summed E-state index contributed by atoms with van der Waals surface area (Å²) in [5.74, 6) is -1.45. The van der Waals surface area contributed by atoms with Gasteiger partial charge in [0.25, 0.3) is 12.0 Å². The van der Waals surface area contributed by atoms with Gasteiger partial charge < -0.3 is 10.7 Å². The van der Waals surface area contributed by atoms with Gasteiger partial charge in [0.05, 0.1) is 5.56 Å². The van der Waals surface area contributed by atoms with Crippen LogP contribution in [0.5, 0.6) is 0 Å². The number of halogens is 3. The zero-order chi connectivity index (χ0) is 10.0. The molecule has 0 fully saturated rings. The van der Waals surface area contributed by atoms with Crippen molar-refractivity contribution in [1.29, 1.82) is 0 Å². The molecule has 0 bridgehead atoms. The predicted octanol–water partition coefficient (Wildman–Crippen LogP) is 0.910. The van der Waals surface area contributed by atoms with Gasteiger partial charge in [0.15, 0.2) is 5.82 Å². The highest BCUT2D eigenvalue weighted by atomic mass is 19.3. The van der Waals surface area contributed by atoms with Crippen molar-refractivity contribution < 1.29 is 13.2 Å². The van der Waals surface area contributed by atoms with E-state index in [0.29, 0.717) is 0 Å². The average Bonchev–Trinajstić information content (AvgIpc) is 2.09. The van der Waals surface area contributed by atoms with E-state index in [1.165, 1.54) is 0 Å². The van der Waals surface area contributed by atoms with Crippen LogP contribution in [0.25, 0.3) is 0 Å². The number of aromatic nitrogens is 1. The van der Waals surface area contributed by atoms with Gasteiger partial charge in [-0.3, -0.25) is 4.79 Å². The van der Waals surface area contributed by atoms with Crippen molar-refractivity contribution in [2.75, 3.05) is 0 Å². The summed E-state index contributed by atoms with van der Waals surface area (Å²) in [4.78, 5) is 12.7. The SMILES string of the molecule is NCc1cc(C(F)F)c(F)c(=O)[nH]1. The number of hydrogen-bond donors (Lipinski definition) is 2. The number of pyridine rings is 1. The summed E-state index contributed by atoms with van der Waals surface area (Å²) in [6.45, 7) is -0.116. The maximum atomic E-state index is 12.7. The molecule has 0 unspecified atom stereocenters. The van der Waals surface area contributed by atoms with Crippen LogP contribution in [0.1, 0.15) is 17.7 Å². The Bertz CT molecular complexity index is 361. The lowest BCUT2D eigenvalue weighted by atomic mass is 10.2. The minimum absolute atomic E-state index is 0.0849. The topological polar surface area (TPSA) is 58.9 Å². The third kappa shape index (κ3) is 1.89. The quantitative estimate of drug-likeness (QED) is 0.731. The normalized spacial score (nSPS) is 10.8. The molecule has 0 atom stereocenters. The van der Waals surface area contributed by atoms with Crippen LogP contribution in [0.4, 0.5) is 13.2 Å². The van der Waals surface area contributed by atoms with E-state index in [-0.39, 0.29) is 12.2 Å². The van der Waals surface area contributed by atoms with Crippen LogP contribution in [-0.2, 0) is 6.54 Å². The first-order valence-corrected chi connectivity index (χ1v) is 3.46. The Morgan fingerprint density at radius 1 is 1.54 bits per heavy atom. The molecule has 0 aliphatic rings. The highest BCUT2D eigenvalue weighted by molar-refractivity contribution is 5.19. The van der Waals surface area contributed by atoms with Gasteiger partial charge in [0.2, 0.25) is 0 Å². The smallest absolute Gasteiger partial charge is 0.284 e. The zero-order valence-corrected chi connectivity index (χ0v) is 6.48. The van der Waals surface area contributed by atoms with Crippen molar-refractivity contribution in [2.45, 2.75) is 13.0 Å². The standard InChI is InChI=1S/C7H7F3N2O/c8-5-4(6(9)10)1-3(2-11)12-7(5)13/h1,6H,2,11H2,(H,12,13). The lowest BCUT2D eigenvalue weighted by Gasteiger charge is -2.03. The first kappa shape index (κ1) is 9.79. The van der Waals surface area contributed by atoms with Crippen LogP contribution in [-0.4, -0.2) is 4.98 Å². The molecule has 3 nitrogen and oxygen atoms in total. The van der Waals surface area contributed by atoms with E-state index in [1.807, 2.05) is 4.98 Å². The van der Waals surface area contributed by atoms with Crippen molar-refractivity contribution in [1.82, 2.24) is 4.98 Å². The lowest BCUT2D eigenvalue weighted by Crippen LogP contribution is -2.18. The van der Waals surface area contributed by atoms with Crippen LogP contribution < -0.4 is 11.3 Å². The number of aromatic amines is 1. The summed E-state index contributed by atoms with van der Waals surface area (Å²) >= 11 is 0. The van der Waals surface area contributed by atoms with Gasteiger partial charge in [-0.1, -0.05) is 0 Å². The summed E-state index contributed by atoms with van der Waals surface area (Å²) in [5, 5.41) is 0.